The average molecular weight is 157 g/mol. The molecule has 0 aromatic heterocycles. The van der Waals surface area contributed by atoms with Crippen molar-refractivity contribution in [1.29, 1.82) is 0 Å². The maximum Gasteiger partial charge on any atom is 0.409 e. The third kappa shape index (κ3) is 1.85. The minimum absolute atomic E-state index is 0.232. The molecule has 1 rings (SSSR count). The first-order valence-electron chi connectivity index (χ1n) is 3.97. The Kier molecular flexibility index (Phi) is 2.37. The normalized spacial score (nSPS) is 19.2. The van der Waals surface area contributed by atoms with Gasteiger partial charge in [0.2, 0.25) is 0 Å². The lowest BCUT2D eigenvalue weighted by Gasteiger charge is -2.22. The maximum absolute atomic E-state index is 11.0. The summed E-state index contributed by atoms with van der Waals surface area (Å²) in [6.07, 6.45) is 2.27. The van der Waals surface area contributed by atoms with E-state index < -0.39 is 0 Å². The molecule has 1 amide bonds. The van der Waals surface area contributed by atoms with Gasteiger partial charge >= 0.3 is 6.09 Å². The zero-order chi connectivity index (χ0) is 8.43. The van der Waals surface area contributed by atoms with Gasteiger partial charge in [0.25, 0.3) is 0 Å². The lowest BCUT2D eigenvalue weighted by molar-refractivity contribution is 0.116. The van der Waals surface area contributed by atoms with Crippen LogP contribution in [0.5, 0.6) is 0 Å². The molecule has 0 bridgehead atoms. The molecule has 64 valence electrons. The van der Waals surface area contributed by atoms with E-state index in [0.29, 0.717) is 12.0 Å². The Bertz CT molecular complexity index is 154. The number of methoxy groups -OCH3 is 1. The fourth-order valence-electron chi connectivity index (χ4n) is 1.21. The van der Waals surface area contributed by atoms with E-state index in [1.165, 1.54) is 20.0 Å². The summed E-state index contributed by atoms with van der Waals surface area (Å²) in [5.41, 5.74) is 0. The van der Waals surface area contributed by atoms with Crippen LogP contribution in [0.25, 0.3) is 0 Å². The van der Waals surface area contributed by atoms with Gasteiger partial charge in [-0.05, 0) is 25.7 Å². The second-order valence-electron chi connectivity index (χ2n) is 3.16. The minimum Gasteiger partial charge on any atom is -0.453 e. The van der Waals surface area contributed by atoms with Crippen molar-refractivity contribution in [2.75, 3.05) is 14.2 Å². The molecule has 0 aromatic rings. The van der Waals surface area contributed by atoms with E-state index in [9.17, 15) is 4.79 Å². The van der Waals surface area contributed by atoms with Crippen molar-refractivity contribution in [3.8, 4) is 0 Å². The third-order valence-electron chi connectivity index (χ3n) is 2.38. The molecule has 1 unspecified atom stereocenters. The molecule has 1 fully saturated rings. The van der Waals surface area contributed by atoms with Crippen LogP contribution >= 0.6 is 0 Å². The summed E-state index contributed by atoms with van der Waals surface area (Å²) in [4.78, 5) is 12.7. The molecular formula is C8H15NO2. The Morgan fingerprint density at radius 3 is 2.55 bits per heavy atom. The molecule has 1 saturated carbocycles. The number of carbonyl (C=O) groups is 1. The summed E-state index contributed by atoms with van der Waals surface area (Å²) in [6, 6.07) is 0.336. The summed E-state index contributed by atoms with van der Waals surface area (Å²) in [6.45, 7) is 2.06. The van der Waals surface area contributed by atoms with Gasteiger partial charge in [-0.15, -0.1) is 0 Å². The highest BCUT2D eigenvalue weighted by atomic mass is 16.5. The standard InChI is InChI=1S/C8H15NO2/c1-6(7-4-5-7)9(2)8(10)11-3/h6-7H,4-5H2,1-3H3. The van der Waals surface area contributed by atoms with Crippen molar-refractivity contribution in [1.82, 2.24) is 4.90 Å². The first-order valence-corrected chi connectivity index (χ1v) is 3.97. The minimum atomic E-state index is -0.232. The van der Waals surface area contributed by atoms with E-state index in [-0.39, 0.29) is 6.09 Å². The Morgan fingerprint density at radius 2 is 2.18 bits per heavy atom. The summed E-state index contributed by atoms with van der Waals surface area (Å²) >= 11 is 0. The zero-order valence-electron chi connectivity index (χ0n) is 7.33. The van der Waals surface area contributed by atoms with Crippen molar-refractivity contribution in [3.05, 3.63) is 0 Å². The molecule has 1 aliphatic carbocycles. The Balaban J connectivity index is 2.38. The first kappa shape index (κ1) is 8.37. The molecular weight excluding hydrogens is 142 g/mol. The van der Waals surface area contributed by atoms with Crippen LogP contribution in [0, 0.1) is 5.92 Å². The Morgan fingerprint density at radius 1 is 1.64 bits per heavy atom. The van der Waals surface area contributed by atoms with Gasteiger partial charge in [0.1, 0.15) is 0 Å². The summed E-state index contributed by atoms with van der Waals surface area (Å²) in [5, 5.41) is 0. The largest absolute Gasteiger partial charge is 0.453 e. The van der Waals surface area contributed by atoms with E-state index >= 15 is 0 Å². The van der Waals surface area contributed by atoms with E-state index in [1.54, 1.807) is 11.9 Å². The van der Waals surface area contributed by atoms with Gasteiger partial charge in [0, 0.05) is 13.1 Å². The number of carbonyl (C=O) groups excluding carboxylic acids is 1. The predicted molar refractivity (Wildman–Crippen MR) is 42.4 cm³/mol. The quantitative estimate of drug-likeness (QED) is 0.607. The van der Waals surface area contributed by atoms with Crippen LogP contribution in [0.4, 0.5) is 4.79 Å². The monoisotopic (exact) mass is 157 g/mol. The van der Waals surface area contributed by atoms with Crippen LogP contribution in [-0.4, -0.2) is 31.2 Å². The highest BCUT2D eigenvalue weighted by Crippen LogP contribution is 2.34. The number of rotatable bonds is 2. The van der Waals surface area contributed by atoms with Crippen LogP contribution in [0.15, 0.2) is 0 Å². The molecule has 0 N–H and O–H groups in total. The van der Waals surface area contributed by atoms with E-state index in [2.05, 4.69) is 11.7 Å². The summed E-state index contributed by atoms with van der Waals surface area (Å²) in [5.74, 6) is 0.707. The lowest BCUT2D eigenvalue weighted by atomic mass is 10.2. The number of hydrogen-bond donors (Lipinski definition) is 0. The highest BCUT2D eigenvalue weighted by Gasteiger charge is 2.32. The lowest BCUT2D eigenvalue weighted by Crippen LogP contribution is -2.36. The molecule has 0 aromatic carbocycles. The van der Waals surface area contributed by atoms with E-state index in [1.807, 2.05) is 0 Å². The topological polar surface area (TPSA) is 29.5 Å². The van der Waals surface area contributed by atoms with Gasteiger partial charge in [-0.2, -0.15) is 0 Å². The number of nitrogens with zero attached hydrogens (tertiary/aromatic N) is 1. The van der Waals surface area contributed by atoms with Crippen LogP contribution < -0.4 is 0 Å². The fourth-order valence-corrected chi connectivity index (χ4v) is 1.21. The van der Waals surface area contributed by atoms with E-state index in [0.717, 1.165) is 0 Å². The molecule has 0 spiro atoms. The SMILES string of the molecule is COC(=O)N(C)C(C)C1CC1. The molecule has 0 saturated heterocycles. The maximum atomic E-state index is 11.0. The first-order chi connectivity index (χ1) is 5.16. The van der Waals surface area contributed by atoms with Crippen LogP contribution in [0.2, 0.25) is 0 Å². The molecule has 1 aliphatic rings. The summed E-state index contributed by atoms with van der Waals surface area (Å²) < 4.78 is 4.60. The molecule has 3 heteroatoms. The number of amides is 1. The fraction of sp³-hybridized carbons (Fsp3) is 0.875. The van der Waals surface area contributed by atoms with Gasteiger partial charge in [-0.25, -0.2) is 4.79 Å². The average Bonchev–Trinajstić information content (AvgIpc) is 2.82. The van der Waals surface area contributed by atoms with Crippen LogP contribution in [-0.2, 0) is 4.74 Å². The Labute approximate surface area is 67.3 Å². The van der Waals surface area contributed by atoms with Crippen molar-refractivity contribution in [2.24, 2.45) is 5.92 Å². The molecule has 1 atom stereocenters. The van der Waals surface area contributed by atoms with Gasteiger partial charge < -0.3 is 9.64 Å². The smallest absolute Gasteiger partial charge is 0.409 e. The predicted octanol–water partition coefficient (Wildman–Crippen LogP) is 1.48. The molecule has 0 aliphatic heterocycles. The zero-order valence-corrected chi connectivity index (χ0v) is 7.33. The number of ether oxygens (including phenoxy) is 1. The second-order valence-corrected chi connectivity index (χ2v) is 3.16. The molecule has 0 radical (unpaired) electrons. The highest BCUT2D eigenvalue weighted by molar-refractivity contribution is 5.67. The van der Waals surface area contributed by atoms with Crippen LogP contribution in [0.3, 0.4) is 0 Å². The van der Waals surface area contributed by atoms with Crippen molar-refractivity contribution >= 4 is 6.09 Å². The van der Waals surface area contributed by atoms with Gasteiger partial charge in [-0.3, -0.25) is 0 Å². The van der Waals surface area contributed by atoms with Gasteiger partial charge in [0.15, 0.2) is 0 Å². The second kappa shape index (κ2) is 3.11. The molecule has 3 nitrogen and oxygen atoms in total. The number of hydrogen-bond acceptors (Lipinski definition) is 2. The van der Waals surface area contributed by atoms with Crippen molar-refractivity contribution < 1.29 is 9.53 Å². The van der Waals surface area contributed by atoms with E-state index in [4.69, 9.17) is 0 Å². The Hall–Kier alpha value is -0.730. The molecule has 0 heterocycles. The molecule has 11 heavy (non-hydrogen) atoms. The summed E-state index contributed by atoms with van der Waals surface area (Å²) in [7, 11) is 3.20. The van der Waals surface area contributed by atoms with Crippen molar-refractivity contribution in [3.63, 3.8) is 0 Å². The van der Waals surface area contributed by atoms with Gasteiger partial charge in [0.05, 0.1) is 7.11 Å². The third-order valence-corrected chi connectivity index (χ3v) is 2.38. The van der Waals surface area contributed by atoms with Crippen LogP contribution in [0.1, 0.15) is 19.8 Å². The van der Waals surface area contributed by atoms with Crippen molar-refractivity contribution in [2.45, 2.75) is 25.8 Å². The van der Waals surface area contributed by atoms with Gasteiger partial charge in [-0.1, -0.05) is 0 Å².